The van der Waals surface area contributed by atoms with Gasteiger partial charge in [0.05, 0.1) is 12.6 Å². The zero-order valence-corrected chi connectivity index (χ0v) is 9.47. The number of nitrogens with two attached hydrogens (primary N) is 1. The van der Waals surface area contributed by atoms with E-state index in [-0.39, 0.29) is 6.04 Å². The molecule has 13 heavy (non-hydrogen) atoms. The Kier molecular flexibility index (Phi) is 3.90. The molecule has 0 unspecified atom stereocenters. The molecule has 1 atom stereocenters. The Hall–Kier alpha value is -0.380. The van der Waals surface area contributed by atoms with E-state index in [1.54, 1.807) is 7.11 Å². The van der Waals surface area contributed by atoms with Crippen LogP contribution in [0.5, 0.6) is 0 Å². The average Bonchev–Trinajstić information content (AvgIpc) is 2.10. The van der Waals surface area contributed by atoms with Crippen LogP contribution < -0.4 is 5.73 Å². The quantitative estimate of drug-likeness (QED) is 0.886. The topological polar surface area (TPSA) is 35.2 Å². The summed E-state index contributed by atoms with van der Waals surface area (Å²) in [5.74, 6) is 0. The highest BCUT2D eigenvalue weighted by molar-refractivity contribution is 9.10. The minimum atomic E-state index is -0.0394. The molecule has 1 aromatic rings. The number of rotatable bonds is 3. The van der Waals surface area contributed by atoms with Crippen molar-refractivity contribution in [3.05, 3.63) is 33.8 Å². The van der Waals surface area contributed by atoms with E-state index in [0.717, 1.165) is 10.0 Å². The van der Waals surface area contributed by atoms with Crippen molar-refractivity contribution in [2.24, 2.45) is 5.73 Å². The van der Waals surface area contributed by atoms with E-state index in [0.29, 0.717) is 6.61 Å². The molecule has 0 aliphatic rings. The lowest BCUT2D eigenvalue weighted by molar-refractivity contribution is 0.180. The van der Waals surface area contributed by atoms with Gasteiger partial charge in [0.25, 0.3) is 0 Å². The second-order valence-corrected chi connectivity index (χ2v) is 3.87. The van der Waals surface area contributed by atoms with Crippen LogP contribution in [0, 0.1) is 6.92 Å². The minimum absolute atomic E-state index is 0.0394. The summed E-state index contributed by atoms with van der Waals surface area (Å²) < 4.78 is 6.11. The van der Waals surface area contributed by atoms with Gasteiger partial charge in [0, 0.05) is 11.6 Å². The van der Waals surface area contributed by atoms with Crippen LogP contribution in [-0.4, -0.2) is 13.7 Å². The van der Waals surface area contributed by atoms with Crippen LogP contribution in [0.4, 0.5) is 0 Å². The zero-order valence-electron chi connectivity index (χ0n) is 7.88. The molecule has 0 saturated heterocycles. The van der Waals surface area contributed by atoms with E-state index in [4.69, 9.17) is 10.5 Å². The molecule has 0 aliphatic carbocycles. The normalized spacial score (nSPS) is 12.9. The van der Waals surface area contributed by atoms with Crippen LogP contribution in [0.2, 0.25) is 0 Å². The summed E-state index contributed by atoms with van der Waals surface area (Å²) in [6, 6.07) is 5.99. The van der Waals surface area contributed by atoms with Gasteiger partial charge < -0.3 is 10.5 Å². The van der Waals surface area contributed by atoms with Crippen LogP contribution in [0.25, 0.3) is 0 Å². The van der Waals surface area contributed by atoms with Crippen molar-refractivity contribution >= 4 is 15.9 Å². The van der Waals surface area contributed by atoms with Gasteiger partial charge in [-0.3, -0.25) is 0 Å². The van der Waals surface area contributed by atoms with Crippen molar-refractivity contribution in [1.29, 1.82) is 0 Å². The summed E-state index contributed by atoms with van der Waals surface area (Å²) in [6.45, 7) is 2.60. The predicted octanol–water partition coefficient (Wildman–Crippen LogP) is 2.40. The van der Waals surface area contributed by atoms with E-state index in [1.807, 2.05) is 18.2 Å². The Morgan fingerprint density at radius 3 is 2.85 bits per heavy atom. The number of methoxy groups -OCH3 is 1. The Labute approximate surface area is 87.2 Å². The first-order valence-electron chi connectivity index (χ1n) is 4.16. The van der Waals surface area contributed by atoms with Crippen LogP contribution >= 0.6 is 15.9 Å². The summed E-state index contributed by atoms with van der Waals surface area (Å²) in [7, 11) is 1.66. The smallest absolute Gasteiger partial charge is 0.0655 e. The maximum absolute atomic E-state index is 5.93. The lowest BCUT2D eigenvalue weighted by atomic mass is 10.0. The summed E-state index contributed by atoms with van der Waals surface area (Å²) >= 11 is 3.47. The lowest BCUT2D eigenvalue weighted by Gasteiger charge is -2.14. The predicted molar refractivity (Wildman–Crippen MR) is 57.7 cm³/mol. The largest absolute Gasteiger partial charge is 0.383 e. The third-order valence-electron chi connectivity index (χ3n) is 2.06. The molecule has 0 aliphatic heterocycles. The zero-order chi connectivity index (χ0) is 9.84. The van der Waals surface area contributed by atoms with E-state index < -0.39 is 0 Å². The van der Waals surface area contributed by atoms with Crippen molar-refractivity contribution in [3.8, 4) is 0 Å². The molecule has 0 amide bonds. The molecule has 1 aromatic carbocycles. The molecule has 0 fully saturated rings. The van der Waals surface area contributed by atoms with Gasteiger partial charge in [-0.25, -0.2) is 0 Å². The van der Waals surface area contributed by atoms with Crippen molar-refractivity contribution in [2.75, 3.05) is 13.7 Å². The lowest BCUT2D eigenvalue weighted by Crippen LogP contribution is -2.17. The fourth-order valence-electron chi connectivity index (χ4n) is 1.30. The Morgan fingerprint density at radius 2 is 2.23 bits per heavy atom. The van der Waals surface area contributed by atoms with E-state index in [1.165, 1.54) is 5.56 Å². The molecule has 0 radical (unpaired) electrons. The van der Waals surface area contributed by atoms with Gasteiger partial charge in [-0.1, -0.05) is 28.1 Å². The molecular formula is C10H14BrNO. The highest BCUT2D eigenvalue weighted by Crippen LogP contribution is 2.23. The molecule has 0 saturated carbocycles. The number of hydrogen-bond acceptors (Lipinski definition) is 2. The van der Waals surface area contributed by atoms with Crippen LogP contribution in [0.1, 0.15) is 17.2 Å². The van der Waals surface area contributed by atoms with Gasteiger partial charge in [-0.05, 0) is 24.1 Å². The second-order valence-electron chi connectivity index (χ2n) is 3.02. The first-order valence-corrected chi connectivity index (χ1v) is 4.95. The first kappa shape index (κ1) is 10.7. The SMILES string of the molecule is COC[C@H](N)c1cccc(Br)c1C. The van der Waals surface area contributed by atoms with Gasteiger partial charge in [-0.2, -0.15) is 0 Å². The molecule has 0 bridgehead atoms. The Morgan fingerprint density at radius 1 is 1.54 bits per heavy atom. The fourth-order valence-corrected chi connectivity index (χ4v) is 1.68. The minimum Gasteiger partial charge on any atom is -0.383 e. The maximum atomic E-state index is 5.93. The van der Waals surface area contributed by atoms with Crippen molar-refractivity contribution in [3.63, 3.8) is 0 Å². The third kappa shape index (κ3) is 2.53. The molecule has 0 heterocycles. The summed E-state index contributed by atoms with van der Waals surface area (Å²) in [5.41, 5.74) is 8.25. The van der Waals surface area contributed by atoms with Crippen molar-refractivity contribution < 1.29 is 4.74 Å². The van der Waals surface area contributed by atoms with Gasteiger partial charge in [-0.15, -0.1) is 0 Å². The van der Waals surface area contributed by atoms with Crippen LogP contribution in [0.3, 0.4) is 0 Å². The summed E-state index contributed by atoms with van der Waals surface area (Å²) in [6.07, 6.45) is 0. The van der Waals surface area contributed by atoms with Crippen LogP contribution in [0.15, 0.2) is 22.7 Å². The molecular weight excluding hydrogens is 230 g/mol. The Bertz CT molecular complexity index is 288. The number of ether oxygens (including phenoxy) is 1. The van der Waals surface area contributed by atoms with Gasteiger partial charge >= 0.3 is 0 Å². The van der Waals surface area contributed by atoms with Gasteiger partial charge in [0.1, 0.15) is 0 Å². The molecule has 2 N–H and O–H groups in total. The molecule has 1 rings (SSSR count). The molecule has 3 heteroatoms. The first-order chi connectivity index (χ1) is 6.16. The van der Waals surface area contributed by atoms with E-state index in [9.17, 15) is 0 Å². The third-order valence-corrected chi connectivity index (χ3v) is 2.91. The number of halogens is 1. The Balaban J connectivity index is 2.93. The van der Waals surface area contributed by atoms with Crippen LogP contribution in [-0.2, 0) is 4.74 Å². The van der Waals surface area contributed by atoms with Gasteiger partial charge in [0.15, 0.2) is 0 Å². The molecule has 0 spiro atoms. The average molecular weight is 244 g/mol. The highest BCUT2D eigenvalue weighted by atomic mass is 79.9. The van der Waals surface area contributed by atoms with E-state index in [2.05, 4.69) is 22.9 Å². The molecule has 72 valence electrons. The van der Waals surface area contributed by atoms with E-state index >= 15 is 0 Å². The summed E-state index contributed by atoms with van der Waals surface area (Å²) in [4.78, 5) is 0. The second kappa shape index (κ2) is 4.74. The van der Waals surface area contributed by atoms with Crippen molar-refractivity contribution in [2.45, 2.75) is 13.0 Å². The molecule has 0 aromatic heterocycles. The number of benzene rings is 1. The summed E-state index contributed by atoms with van der Waals surface area (Å²) in [5, 5.41) is 0. The van der Waals surface area contributed by atoms with Gasteiger partial charge in [0.2, 0.25) is 0 Å². The fraction of sp³-hybridized carbons (Fsp3) is 0.400. The highest BCUT2D eigenvalue weighted by Gasteiger charge is 2.09. The monoisotopic (exact) mass is 243 g/mol. The standard InChI is InChI=1S/C10H14BrNO/c1-7-8(10(12)6-13-2)4-3-5-9(7)11/h3-5,10H,6,12H2,1-2H3/t10-/m0/s1. The molecule has 2 nitrogen and oxygen atoms in total. The maximum Gasteiger partial charge on any atom is 0.0655 e. The van der Waals surface area contributed by atoms with Crippen molar-refractivity contribution in [1.82, 2.24) is 0 Å². The number of hydrogen-bond donors (Lipinski definition) is 1.